The molecule has 0 radical (unpaired) electrons. The van der Waals surface area contributed by atoms with E-state index in [-0.39, 0.29) is 17.9 Å². The van der Waals surface area contributed by atoms with Crippen LogP contribution in [0.1, 0.15) is 34.9 Å². The van der Waals surface area contributed by atoms with E-state index in [4.69, 9.17) is 4.74 Å². The number of rotatable bonds is 5. The van der Waals surface area contributed by atoms with E-state index < -0.39 is 0 Å². The molecule has 0 bridgehead atoms. The molecule has 0 unspecified atom stereocenters. The first kappa shape index (κ1) is 19.0. The summed E-state index contributed by atoms with van der Waals surface area (Å²) in [6, 6.07) is 7.97. The van der Waals surface area contributed by atoms with E-state index in [2.05, 4.69) is 15.2 Å². The third-order valence-electron chi connectivity index (χ3n) is 6.10. The van der Waals surface area contributed by atoms with Crippen molar-refractivity contribution in [1.29, 1.82) is 0 Å². The Morgan fingerprint density at radius 3 is 2.57 bits per heavy atom. The van der Waals surface area contributed by atoms with Gasteiger partial charge in [-0.3, -0.25) is 9.59 Å². The molecule has 3 aliphatic heterocycles. The summed E-state index contributed by atoms with van der Waals surface area (Å²) in [6.07, 6.45) is 3.44. The van der Waals surface area contributed by atoms with Crippen molar-refractivity contribution in [2.75, 3.05) is 50.8 Å². The molecule has 2 aromatic rings. The second kappa shape index (κ2) is 8.06. The maximum atomic E-state index is 12.8. The SMILES string of the molecule is O=C1CCCN1Cc1cn(C2CN(C(=O)c3ccc(N4CCOCC4)cc3)C2)nn1. The average Bonchev–Trinajstić information content (AvgIpc) is 3.37. The van der Waals surface area contributed by atoms with Crippen molar-refractivity contribution in [3.8, 4) is 0 Å². The second-order valence-corrected chi connectivity index (χ2v) is 8.12. The number of amides is 2. The van der Waals surface area contributed by atoms with Crippen LogP contribution in [0.2, 0.25) is 0 Å². The Kier molecular flexibility index (Phi) is 5.12. The lowest BCUT2D eigenvalue weighted by atomic mass is 10.1. The Bertz CT molecular complexity index is 915. The number of likely N-dealkylation sites (tertiary alicyclic amines) is 2. The third-order valence-corrected chi connectivity index (χ3v) is 6.10. The van der Waals surface area contributed by atoms with Gasteiger partial charge in [-0.1, -0.05) is 5.21 Å². The predicted octanol–water partition coefficient (Wildman–Crippen LogP) is 0.934. The summed E-state index contributed by atoms with van der Waals surface area (Å²) in [7, 11) is 0. The van der Waals surface area contributed by atoms with Crippen LogP contribution in [0.25, 0.3) is 0 Å². The van der Waals surface area contributed by atoms with Gasteiger partial charge in [-0.25, -0.2) is 4.68 Å². The van der Waals surface area contributed by atoms with E-state index in [0.717, 1.165) is 50.7 Å². The number of hydrogen-bond donors (Lipinski definition) is 0. The number of ether oxygens (including phenoxy) is 1. The zero-order valence-electron chi connectivity index (χ0n) is 16.9. The van der Waals surface area contributed by atoms with Crippen LogP contribution >= 0.6 is 0 Å². The molecule has 1 aromatic carbocycles. The number of benzene rings is 1. The molecular weight excluding hydrogens is 384 g/mol. The molecule has 3 fully saturated rings. The number of carbonyl (C=O) groups is 2. The highest BCUT2D eigenvalue weighted by molar-refractivity contribution is 5.95. The van der Waals surface area contributed by atoms with Crippen molar-refractivity contribution in [1.82, 2.24) is 24.8 Å². The molecule has 1 aromatic heterocycles. The van der Waals surface area contributed by atoms with Gasteiger partial charge in [0.1, 0.15) is 5.69 Å². The summed E-state index contributed by atoms with van der Waals surface area (Å²) >= 11 is 0. The number of morpholine rings is 1. The molecule has 2 amide bonds. The van der Waals surface area contributed by atoms with Gasteiger partial charge >= 0.3 is 0 Å². The molecule has 9 nitrogen and oxygen atoms in total. The van der Waals surface area contributed by atoms with Gasteiger partial charge in [0.15, 0.2) is 0 Å². The maximum Gasteiger partial charge on any atom is 0.254 e. The average molecular weight is 410 g/mol. The maximum absolute atomic E-state index is 12.8. The Labute approximate surface area is 175 Å². The van der Waals surface area contributed by atoms with Gasteiger partial charge < -0.3 is 19.4 Å². The zero-order chi connectivity index (χ0) is 20.5. The van der Waals surface area contributed by atoms with Crippen molar-refractivity contribution in [2.45, 2.75) is 25.4 Å². The fourth-order valence-electron chi connectivity index (χ4n) is 4.24. The first-order valence-corrected chi connectivity index (χ1v) is 10.6. The molecule has 5 rings (SSSR count). The second-order valence-electron chi connectivity index (χ2n) is 8.12. The first-order chi connectivity index (χ1) is 14.7. The quantitative estimate of drug-likeness (QED) is 0.729. The molecule has 9 heteroatoms. The summed E-state index contributed by atoms with van der Waals surface area (Å²) in [5.41, 5.74) is 2.63. The normalized spacial score (nSPS) is 20.0. The minimum Gasteiger partial charge on any atom is -0.378 e. The van der Waals surface area contributed by atoms with Crippen LogP contribution < -0.4 is 4.90 Å². The van der Waals surface area contributed by atoms with Gasteiger partial charge in [-0.15, -0.1) is 5.10 Å². The summed E-state index contributed by atoms with van der Waals surface area (Å²) < 4.78 is 7.21. The summed E-state index contributed by atoms with van der Waals surface area (Å²) in [4.78, 5) is 30.5. The fourth-order valence-corrected chi connectivity index (χ4v) is 4.24. The lowest BCUT2D eigenvalue weighted by Gasteiger charge is -2.39. The van der Waals surface area contributed by atoms with Crippen molar-refractivity contribution >= 4 is 17.5 Å². The minimum absolute atomic E-state index is 0.0442. The number of nitrogens with zero attached hydrogens (tertiary/aromatic N) is 6. The van der Waals surface area contributed by atoms with Crippen molar-refractivity contribution in [2.24, 2.45) is 0 Å². The van der Waals surface area contributed by atoms with Crippen LogP contribution in [0.15, 0.2) is 30.5 Å². The molecule has 30 heavy (non-hydrogen) atoms. The fraction of sp³-hybridized carbons (Fsp3) is 0.524. The molecule has 0 aliphatic carbocycles. The standard InChI is InChI=1S/C21H26N6O3/c28-20-2-1-7-25(20)12-17-13-27(23-22-17)19-14-26(15-19)21(29)16-3-5-18(6-4-16)24-8-10-30-11-9-24/h3-6,13,19H,1-2,7-12,14-15H2. The van der Waals surface area contributed by atoms with Crippen LogP contribution in [0.4, 0.5) is 5.69 Å². The van der Waals surface area contributed by atoms with Crippen LogP contribution in [0, 0.1) is 0 Å². The molecule has 4 heterocycles. The number of anilines is 1. The molecule has 158 valence electrons. The first-order valence-electron chi connectivity index (χ1n) is 10.6. The van der Waals surface area contributed by atoms with Gasteiger partial charge in [0, 0.05) is 50.4 Å². The topological polar surface area (TPSA) is 83.8 Å². The van der Waals surface area contributed by atoms with Gasteiger partial charge in [-0.2, -0.15) is 0 Å². The van der Waals surface area contributed by atoms with E-state index in [1.165, 1.54) is 0 Å². The van der Waals surface area contributed by atoms with Gasteiger partial charge in [0.2, 0.25) is 5.91 Å². The molecule has 0 atom stereocenters. The molecule has 0 saturated carbocycles. The largest absolute Gasteiger partial charge is 0.378 e. The minimum atomic E-state index is 0.0442. The van der Waals surface area contributed by atoms with E-state index in [0.29, 0.717) is 31.6 Å². The van der Waals surface area contributed by atoms with E-state index in [1.807, 2.05) is 44.9 Å². The molecule has 0 N–H and O–H groups in total. The molecular formula is C21H26N6O3. The lowest BCUT2D eigenvalue weighted by Crippen LogP contribution is -2.50. The smallest absolute Gasteiger partial charge is 0.254 e. The van der Waals surface area contributed by atoms with Crippen molar-refractivity contribution in [3.05, 3.63) is 41.7 Å². The monoisotopic (exact) mass is 410 g/mol. The number of carbonyl (C=O) groups excluding carboxylic acids is 2. The van der Waals surface area contributed by atoms with Crippen LogP contribution in [0.5, 0.6) is 0 Å². The van der Waals surface area contributed by atoms with E-state index in [9.17, 15) is 9.59 Å². The molecule has 3 saturated heterocycles. The summed E-state index contributed by atoms with van der Waals surface area (Å²) in [6.45, 7) is 5.80. The lowest BCUT2D eigenvalue weighted by molar-refractivity contribution is -0.128. The van der Waals surface area contributed by atoms with Crippen molar-refractivity contribution < 1.29 is 14.3 Å². The highest BCUT2D eigenvalue weighted by Gasteiger charge is 2.33. The highest BCUT2D eigenvalue weighted by atomic mass is 16.5. The highest BCUT2D eigenvalue weighted by Crippen LogP contribution is 2.24. The Balaban J connectivity index is 1.15. The summed E-state index contributed by atoms with van der Waals surface area (Å²) in [5, 5.41) is 8.41. The Morgan fingerprint density at radius 2 is 1.87 bits per heavy atom. The molecule has 0 spiro atoms. The zero-order valence-corrected chi connectivity index (χ0v) is 16.9. The van der Waals surface area contributed by atoms with Gasteiger partial charge in [0.05, 0.1) is 32.0 Å². The van der Waals surface area contributed by atoms with Crippen LogP contribution in [-0.4, -0.2) is 82.5 Å². The van der Waals surface area contributed by atoms with E-state index >= 15 is 0 Å². The Hall–Kier alpha value is -2.94. The predicted molar refractivity (Wildman–Crippen MR) is 109 cm³/mol. The van der Waals surface area contributed by atoms with Gasteiger partial charge in [-0.05, 0) is 30.7 Å². The van der Waals surface area contributed by atoms with E-state index in [1.54, 1.807) is 0 Å². The number of aromatic nitrogens is 3. The number of hydrogen-bond acceptors (Lipinski definition) is 6. The van der Waals surface area contributed by atoms with Gasteiger partial charge in [0.25, 0.3) is 5.91 Å². The van der Waals surface area contributed by atoms with Crippen molar-refractivity contribution in [3.63, 3.8) is 0 Å². The van der Waals surface area contributed by atoms with Crippen LogP contribution in [0.3, 0.4) is 0 Å². The molecule has 3 aliphatic rings. The third kappa shape index (κ3) is 3.77. The van der Waals surface area contributed by atoms with Crippen LogP contribution in [-0.2, 0) is 16.1 Å². The Morgan fingerprint density at radius 1 is 1.10 bits per heavy atom. The summed E-state index contributed by atoms with van der Waals surface area (Å²) in [5.74, 6) is 0.229.